The lowest BCUT2D eigenvalue weighted by Gasteiger charge is -2.26. The summed E-state index contributed by atoms with van der Waals surface area (Å²) in [4.78, 5) is 76.4. The number of amides is 6. The molecule has 2 heterocycles. The molecule has 2 rings (SSSR count). The van der Waals surface area contributed by atoms with Gasteiger partial charge in [-0.25, -0.2) is 4.79 Å². The third kappa shape index (κ3) is 15.8. The van der Waals surface area contributed by atoms with Gasteiger partial charge in [0.05, 0.1) is 21.0 Å². The SMILES string of the molecule is CN(CCC(=O)N(CC(=O)NCCCC[C@@H](C(N)=O)C1SS1)CC(=O)NCCCC[C@@H](C(N)=O)C1SS1)C(=O)OC(C)(C)C. The zero-order valence-corrected chi connectivity index (χ0v) is 29.1. The average Bonchev–Trinajstić information content (AvgIpc) is 3.84. The lowest BCUT2D eigenvalue weighted by atomic mass is 10.0. The molecule has 6 amide bonds. The zero-order chi connectivity index (χ0) is 32.9. The van der Waals surface area contributed by atoms with Gasteiger partial charge >= 0.3 is 6.09 Å². The second-order valence-corrected chi connectivity index (χ2v) is 17.4. The maximum absolute atomic E-state index is 13.1. The van der Waals surface area contributed by atoms with Crippen molar-refractivity contribution in [3.63, 3.8) is 0 Å². The van der Waals surface area contributed by atoms with Crippen LogP contribution < -0.4 is 22.1 Å². The van der Waals surface area contributed by atoms with E-state index in [1.807, 2.05) is 0 Å². The fraction of sp³-hybridized carbons (Fsp3) is 0.778. The first-order valence-corrected chi connectivity index (χ1v) is 19.2. The van der Waals surface area contributed by atoms with E-state index in [-0.39, 0.29) is 58.9 Å². The van der Waals surface area contributed by atoms with Crippen LogP contribution in [0.15, 0.2) is 0 Å². The Morgan fingerprint density at radius 2 is 1.20 bits per heavy atom. The highest BCUT2D eigenvalue weighted by Crippen LogP contribution is 2.58. The highest BCUT2D eigenvalue weighted by Gasteiger charge is 2.37. The van der Waals surface area contributed by atoms with Gasteiger partial charge in [0, 0.05) is 33.1 Å². The van der Waals surface area contributed by atoms with Gasteiger partial charge in [-0.3, -0.25) is 24.0 Å². The Morgan fingerprint density at radius 1 is 0.773 bits per heavy atom. The quantitative estimate of drug-likeness (QED) is 0.0782. The van der Waals surface area contributed by atoms with E-state index in [1.165, 1.54) is 16.8 Å². The van der Waals surface area contributed by atoms with Gasteiger partial charge in [0.25, 0.3) is 0 Å². The molecule has 250 valence electrons. The summed E-state index contributed by atoms with van der Waals surface area (Å²) in [6.07, 6.45) is 3.32. The molecule has 0 aliphatic carbocycles. The van der Waals surface area contributed by atoms with Crippen molar-refractivity contribution in [2.24, 2.45) is 23.3 Å². The summed E-state index contributed by atoms with van der Waals surface area (Å²) >= 11 is 0. The van der Waals surface area contributed by atoms with Crippen LogP contribution in [0.3, 0.4) is 0 Å². The first-order valence-electron chi connectivity index (χ1n) is 14.7. The van der Waals surface area contributed by atoms with Crippen LogP contribution in [-0.4, -0.2) is 100.0 Å². The number of unbranched alkanes of at least 4 members (excludes halogenated alkanes) is 2. The maximum Gasteiger partial charge on any atom is 0.410 e. The normalized spacial score (nSPS) is 15.9. The highest BCUT2D eigenvalue weighted by molar-refractivity contribution is 8.93. The molecule has 2 atom stereocenters. The number of carbonyl (C=O) groups is 6. The molecule has 2 aliphatic heterocycles. The van der Waals surface area contributed by atoms with Crippen molar-refractivity contribution in [3.05, 3.63) is 0 Å². The zero-order valence-electron chi connectivity index (χ0n) is 25.8. The van der Waals surface area contributed by atoms with Gasteiger partial charge in [-0.2, -0.15) is 0 Å². The molecule has 0 saturated carbocycles. The molecule has 0 radical (unpaired) electrons. The molecule has 2 aliphatic rings. The number of nitrogens with two attached hydrogens (primary N) is 2. The number of rotatable bonds is 21. The summed E-state index contributed by atoms with van der Waals surface area (Å²) < 4.78 is 5.75. The van der Waals surface area contributed by atoms with Gasteiger partial charge in [-0.05, 0) is 46.5 Å². The van der Waals surface area contributed by atoms with Gasteiger partial charge in [-0.15, -0.1) is 0 Å². The van der Waals surface area contributed by atoms with Crippen LogP contribution in [-0.2, 0) is 28.7 Å². The third-order valence-electron chi connectivity index (χ3n) is 6.72. The summed E-state index contributed by atoms with van der Waals surface area (Å²) in [7, 11) is 8.07. The van der Waals surface area contributed by atoms with Crippen molar-refractivity contribution in [1.82, 2.24) is 20.4 Å². The van der Waals surface area contributed by atoms with Crippen LogP contribution in [0, 0.1) is 11.8 Å². The minimum atomic E-state index is -0.690. The van der Waals surface area contributed by atoms with E-state index >= 15 is 0 Å². The lowest BCUT2D eigenvalue weighted by Crippen LogP contribution is -2.47. The fourth-order valence-corrected chi connectivity index (χ4v) is 7.87. The van der Waals surface area contributed by atoms with E-state index < -0.39 is 29.4 Å². The molecule has 2 fully saturated rings. The van der Waals surface area contributed by atoms with Crippen LogP contribution in [0.5, 0.6) is 0 Å². The fourth-order valence-electron chi connectivity index (χ4n) is 4.13. The third-order valence-corrected chi connectivity index (χ3v) is 11.4. The lowest BCUT2D eigenvalue weighted by molar-refractivity contribution is -0.139. The van der Waals surface area contributed by atoms with E-state index in [0.29, 0.717) is 51.6 Å². The molecule has 2 saturated heterocycles. The molecule has 0 aromatic heterocycles. The van der Waals surface area contributed by atoms with Crippen molar-refractivity contribution < 1.29 is 33.5 Å². The van der Waals surface area contributed by atoms with Gasteiger partial charge < -0.3 is 36.6 Å². The minimum Gasteiger partial charge on any atom is -0.444 e. The van der Waals surface area contributed by atoms with Gasteiger partial charge in [0.2, 0.25) is 29.5 Å². The Labute approximate surface area is 275 Å². The van der Waals surface area contributed by atoms with E-state index in [1.54, 1.807) is 63.9 Å². The number of hydrogen-bond acceptors (Lipinski definition) is 11. The second-order valence-electron chi connectivity index (χ2n) is 11.7. The van der Waals surface area contributed by atoms with E-state index in [2.05, 4.69) is 10.6 Å². The largest absolute Gasteiger partial charge is 0.444 e. The van der Waals surface area contributed by atoms with E-state index in [4.69, 9.17) is 16.2 Å². The Morgan fingerprint density at radius 3 is 1.57 bits per heavy atom. The predicted molar refractivity (Wildman–Crippen MR) is 177 cm³/mol. The highest BCUT2D eigenvalue weighted by atomic mass is 33.2. The summed E-state index contributed by atoms with van der Waals surface area (Å²) in [5, 5.41) is 5.55. The summed E-state index contributed by atoms with van der Waals surface area (Å²) in [6.45, 7) is 5.34. The number of primary amides is 2. The molecule has 6 N–H and O–H groups in total. The van der Waals surface area contributed by atoms with Crippen LogP contribution in [0.1, 0.15) is 65.7 Å². The van der Waals surface area contributed by atoms with Crippen LogP contribution >= 0.6 is 43.2 Å². The van der Waals surface area contributed by atoms with Crippen molar-refractivity contribution in [3.8, 4) is 0 Å². The Hall–Kier alpha value is -1.98. The van der Waals surface area contributed by atoms with Crippen LogP contribution in [0.25, 0.3) is 0 Å². The van der Waals surface area contributed by atoms with E-state index in [0.717, 1.165) is 0 Å². The molecular formula is C27H46N6O7S4. The molecular weight excluding hydrogens is 649 g/mol. The van der Waals surface area contributed by atoms with Crippen molar-refractivity contribution in [2.45, 2.75) is 80.5 Å². The summed E-state index contributed by atoms with van der Waals surface area (Å²) in [5.74, 6) is -2.29. The van der Waals surface area contributed by atoms with Crippen LogP contribution in [0.4, 0.5) is 4.79 Å². The number of nitrogens with zero attached hydrogens (tertiary/aromatic N) is 2. The minimum absolute atomic E-state index is 0.0463. The summed E-state index contributed by atoms with van der Waals surface area (Å²) in [6, 6.07) is 0. The molecule has 0 aromatic carbocycles. The molecule has 0 spiro atoms. The molecule has 0 unspecified atom stereocenters. The Balaban J connectivity index is 1.82. The van der Waals surface area contributed by atoms with Gasteiger partial charge in [0.15, 0.2) is 0 Å². The molecule has 44 heavy (non-hydrogen) atoms. The second kappa shape index (κ2) is 18.9. The Bertz CT molecular complexity index is 969. The number of nitrogens with one attached hydrogen (secondary N) is 2. The molecule has 0 aromatic rings. The monoisotopic (exact) mass is 694 g/mol. The van der Waals surface area contributed by atoms with Crippen molar-refractivity contribution in [2.75, 3.05) is 39.8 Å². The predicted octanol–water partition coefficient (Wildman–Crippen LogP) is 2.29. The number of carbonyl (C=O) groups excluding carboxylic acids is 6. The van der Waals surface area contributed by atoms with Gasteiger partial charge in [-0.1, -0.05) is 56.0 Å². The maximum atomic E-state index is 13.1. The first kappa shape index (κ1) is 38.2. The average molecular weight is 695 g/mol. The van der Waals surface area contributed by atoms with Crippen molar-refractivity contribution in [1.29, 1.82) is 0 Å². The van der Waals surface area contributed by atoms with Gasteiger partial charge in [0.1, 0.15) is 18.7 Å². The first-order chi connectivity index (χ1) is 20.7. The smallest absolute Gasteiger partial charge is 0.410 e. The molecule has 17 heteroatoms. The standard InChI is InChI=1S/C27H46N6O7S4/c1-27(2,3)40-26(39)32(4)14-11-21(36)33(15-19(34)30-12-7-5-9-17(22(28)37)24-41-42-24)16-20(35)31-13-8-6-10-18(23(29)38)25-43-44-25/h17-18,24-25H,5-16H2,1-4H3,(H2,28,37)(H2,29,38)(H,30,34)(H,31,35)/t17-,18-/m0/s1. The summed E-state index contributed by atoms with van der Waals surface area (Å²) in [5.41, 5.74) is 10.3. The molecule has 13 nitrogen and oxygen atoms in total. The van der Waals surface area contributed by atoms with Crippen LogP contribution in [0.2, 0.25) is 0 Å². The number of hydrogen-bond donors (Lipinski definition) is 4. The topological polar surface area (TPSA) is 194 Å². The molecule has 0 bridgehead atoms. The number of ether oxygens (including phenoxy) is 1. The van der Waals surface area contributed by atoms with E-state index in [9.17, 15) is 28.8 Å². The Kier molecular flexibility index (Phi) is 16.4. The van der Waals surface area contributed by atoms with Crippen molar-refractivity contribution >= 4 is 78.8 Å².